The summed E-state index contributed by atoms with van der Waals surface area (Å²) in [6.45, 7) is 2.38. The minimum Gasteiger partial charge on any atom is -0.296 e. The molecule has 0 saturated carbocycles. The second kappa shape index (κ2) is 7.97. The highest BCUT2D eigenvalue weighted by atomic mass is 35.5. The molecule has 0 radical (unpaired) electrons. The van der Waals surface area contributed by atoms with Gasteiger partial charge in [-0.1, -0.05) is 54.1 Å². The quantitative estimate of drug-likeness (QED) is 0.565. The average Bonchev–Trinajstić information content (AvgIpc) is 3.19. The number of halogens is 1. The molecule has 0 aromatic heterocycles. The minimum absolute atomic E-state index is 0.287. The third-order valence-electron chi connectivity index (χ3n) is 6.45. The van der Waals surface area contributed by atoms with E-state index in [1.165, 1.54) is 23.1 Å². The fourth-order valence-electron chi connectivity index (χ4n) is 5.05. The van der Waals surface area contributed by atoms with Crippen LogP contribution < -0.4 is 4.72 Å². The summed E-state index contributed by atoms with van der Waals surface area (Å²) >= 11 is 6.24. The van der Waals surface area contributed by atoms with E-state index in [0.29, 0.717) is 23.0 Å². The number of rotatable bonds is 6. The predicted molar refractivity (Wildman–Crippen MR) is 122 cm³/mol. The maximum Gasteiger partial charge on any atom is 0.241 e. The summed E-state index contributed by atoms with van der Waals surface area (Å²) in [6, 6.07) is 17.8. The molecule has 0 bridgehead atoms. The van der Waals surface area contributed by atoms with Gasteiger partial charge in [-0.3, -0.25) is 4.90 Å². The Morgan fingerprint density at radius 2 is 1.73 bits per heavy atom. The molecule has 1 aliphatic heterocycles. The van der Waals surface area contributed by atoms with Crippen LogP contribution in [0.1, 0.15) is 35.6 Å². The monoisotopic (exact) mass is 440 g/mol. The third kappa shape index (κ3) is 3.54. The van der Waals surface area contributed by atoms with Crippen molar-refractivity contribution in [2.24, 2.45) is 0 Å². The Hall–Kier alpha value is -1.92. The Morgan fingerprint density at radius 1 is 0.967 bits per heavy atom. The van der Waals surface area contributed by atoms with Gasteiger partial charge in [0.15, 0.2) is 0 Å². The maximum atomic E-state index is 12.9. The molecule has 0 amide bonds. The summed E-state index contributed by atoms with van der Waals surface area (Å²) < 4.78 is 28.7. The van der Waals surface area contributed by atoms with Crippen LogP contribution in [0.4, 0.5) is 0 Å². The predicted octanol–water partition coefficient (Wildman–Crippen LogP) is 4.71. The molecular weight excluding hydrogens is 416 g/mol. The zero-order valence-electron chi connectivity index (χ0n) is 16.8. The molecule has 1 atom stereocenters. The Morgan fingerprint density at radius 3 is 2.57 bits per heavy atom. The first-order chi connectivity index (χ1) is 14.5. The Labute approximate surface area is 182 Å². The van der Waals surface area contributed by atoms with Gasteiger partial charge in [-0.05, 0) is 54.5 Å². The zero-order chi connectivity index (χ0) is 20.7. The van der Waals surface area contributed by atoms with Crippen LogP contribution in [0.25, 0.3) is 10.8 Å². The van der Waals surface area contributed by atoms with Gasteiger partial charge >= 0.3 is 0 Å². The van der Waals surface area contributed by atoms with Crippen LogP contribution in [-0.4, -0.2) is 33.0 Å². The maximum absolute atomic E-state index is 12.9. The normalized spacial score (nSPS) is 18.6. The van der Waals surface area contributed by atoms with Crippen LogP contribution in [0, 0.1) is 0 Å². The van der Waals surface area contributed by atoms with Crippen molar-refractivity contribution in [3.8, 4) is 0 Å². The molecule has 1 N–H and O–H groups in total. The molecule has 30 heavy (non-hydrogen) atoms. The summed E-state index contributed by atoms with van der Waals surface area (Å²) in [7, 11) is -3.59. The van der Waals surface area contributed by atoms with Crippen LogP contribution in [0.3, 0.4) is 0 Å². The molecule has 5 rings (SSSR count). The van der Waals surface area contributed by atoms with Gasteiger partial charge in [0.1, 0.15) is 0 Å². The van der Waals surface area contributed by atoms with E-state index in [2.05, 4.69) is 27.8 Å². The largest absolute Gasteiger partial charge is 0.296 e. The van der Waals surface area contributed by atoms with Gasteiger partial charge in [-0.25, -0.2) is 13.1 Å². The first-order valence-corrected chi connectivity index (χ1v) is 12.4. The smallest absolute Gasteiger partial charge is 0.241 e. The van der Waals surface area contributed by atoms with E-state index < -0.39 is 10.0 Å². The number of aryl methyl sites for hydroxylation is 1. The first kappa shape index (κ1) is 20.0. The summed E-state index contributed by atoms with van der Waals surface area (Å²) in [4.78, 5) is 2.82. The number of nitrogens with one attached hydrogen (secondary N) is 1. The Kier molecular flexibility index (Phi) is 5.31. The van der Waals surface area contributed by atoms with E-state index in [9.17, 15) is 8.42 Å². The van der Waals surface area contributed by atoms with E-state index in [0.717, 1.165) is 37.7 Å². The number of sulfonamides is 1. The average molecular weight is 441 g/mol. The Bertz CT molecular complexity index is 1210. The molecule has 1 heterocycles. The van der Waals surface area contributed by atoms with Crippen LogP contribution in [0.2, 0.25) is 5.02 Å². The molecule has 2 aliphatic rings. The summed E-state index contributed by atoms with van der Waals surface area (Å²) in [5.41, 5.74) is 4.54. The lowest BCUT2D eigenvalue weighted by Gasteiger charge is -2.35. The zero-order valence-corrected chi connectivity index (χ0v) is 18.3. The van der Waals surface area contributed by atoms with E-state index in [-0.39, 0.29) is 4.90 Å². The van der Waals surface area contributed by atoms with Crippen molar-refractivity contribution in [2.75, 3.05) is 19.6 Å². The second-order valence-corrected chi connectivity index (χ2v) is 10.3. The number of hydrogen-bond acceptors (Lipinski definition) is 3. The van der Waals surface area contributed by atoms with Crippen LogP contribution in [-0.2, 0) is 22.9 Å². The van der Waals surface area contributed by atoms with Gasteiger partial charge in [0.25, 0.3) is 0 Å². The van der Waals surface area contributed by atoms with E-state index in [4.69, 9.17) is 11.6 Å². The lowest BCUT2D eigenvalue weighted by atomic mass is 9.93. The van der Waals surface area contributed by atoms with Crippen LogP contribution >= 0.6 is 11.6 Å². The van der Waals surface area contributed by atoms with Crippen molar-refractivity contribution in [1.82, 2.24) is 9.62 Å². The third-order valence-corrected chi connectivity index (χ3v) is 8.30. The van der Waals surface area contributed by atoms with E-state index >= 15 is 0 Å². The topological polar surface area (TPSA) is 49.4 Å². The van der Waals surface area contributed by atoms with E-state index in [1.54, 1.807) is 18.2 Å². The Balaban J connectivity index is 1.24. The fraction of sp³-hybridized carbons (Fsp3) is 0.333. The molecule has 6 heteroatoms. The minimum atomic E-state index is -3.59. The summed E-state index contributed by atoms with van der Waals surface area (Å²) in [5, 5.41) is 1.97. The highest BCUT2D eigenvalue weighted by Gasteiger charge is 2.32. The molecule has 0 fully saturated rings. The fourth-order valence-corrected chi connectivity index (χ4v) is 6.57. The van der Waals surface area contributed by atoms with Crippen molar-refractivity contribution in [1.29, 1.82) is 0 Å². The number of benzene rings is 3. The van der Waals surface area contributed by atoms with Crippen LogP contribution in [0.5, 0.6) is 0 Å². The van der Waals surface area contributed by atoms with Gasteiger partial charge in [0.2, 0.25) is 10.0 Å². The SMILES string of the molecule is O=S(=O)(NCCCN1CCc2cccc3c2C1CC3)c1ccc(Cl)c2ccccc12. The lowest BCUT2D eigenvalue weighted by molar-refractivity contribution is 0.184. The van der Waals surface area contributed by atoms with Gasteiger partial charge in [-0.15, -0.1) is 0 Å². The number of fused-ring (bicyclic) bond motifs is 1. The standard InChI is InChI=1S/C24H25ClN2O2S/c25-21-10-12-23(20-8-2-1-7-19(20)21)30(28,29)26-14-4-15-27-16-13-18-6-3-5-17-9-11-22(27)24(17)18/h1-3,5-8,10,12,22,26H,4,9,11,13-16H2. The van der Waals surface area contributed by atoms with Crippen molar-refractivity contribution in [3.05, 3.63) is 76.3 Å². The van der Waals surface area contributed by atoms with Gasteiger partial charge in [0, 0.05) is 41.5 Å². The van der Waals surface area contributed by atoms with E-state index in [1.807, 2.05) is 18.2 Å². The molecule has 1 aliphatic carbocycles. The van der Waals surface area contributed by atoms with Gasteiger partial charge < -0.3 is 0 Å². The molecule has 3 aromatic rings. The highest BCUT2D eigenvalue weighted by Crippen LogP contribution is 2.41. The second-order valence-electron chi connectivity index (χ2n) is 8.17. The summed E-state index contributed by atoms with van der Waals surface area (Å²) in [6.07, 6.45) is 4.20. The van der Waals surface area contributed by atoms with Crippen LogP contribution in [0.15, 0.2) is 59.5 Å². The number of nitrogens with zero attached hydrogens (tertiary/aromatic N) is 1. The van der Waals surface area contributed by atoms with Gasteiger partial charge in [0.05, 0.1) is 4.90 Å². The molecular formula is C24H25ClN2O2S. The summed E-state index contributed by atoms with van der Waals surface area (Å²) in [5.74, 6) is 0. The van der Waals surface area contributed by atoms with Crippen molar-refractivity contribution in [2.45, 2.75) is 36.6 Å². The number of hydrogen-bond donors (Lipinski definition) is 1. The first-order valence-electron chi connectivity index (χ1n) is 10.6. The molecule has 4 nitrogen and oxygen atoms in total. The van der Waals surface area contributed by atoms with Crippen molar-refractivity contribution < 1.29 is 8.42 Å². The van der Waals surface area contributed by atoms with Crippen molar-refractivity contribution >= 4 is 32.4 Å². The molecule has 1 unspecified atom stereocenters. The molecule has 3 aromatic carbocycles. The molecule has 0 spiro atoms. The molecule has 156 valence electrons. The highest BCUT2D eigenvalue weighted by molar-refractivity contribution is 7.89. The lowest BCUT2D eigenvalue weighted by Crippen LogP contribution is -2.36. The van der Waals surface area contributed by atoms with Crippen molar-refractivity contribution in [3.63, 3.8) is 0 Å². The molecule has 0 saturated heterocycles. The van der Waals surface area contributed by atoms with Gasteiger partial charge in [-0.2, -0.15) is 0 Å².